The van der Waals surface area contributed by atoms with Crippen molar-refractivity contribution in [1.82, 2.24) is 15.2 Å². The van der Waals surface area contributed by atoms with Gasteiger partial charge in [-0.3, -0.25) is 29.5 Å². The monoisotopic (exact) mass is 420 g/mol. The van der Waals surface area contributed by atoms with Crippen LogP contribution in [0.2, 0.25) is 0 Å². The molecular formula is C21H16N4O4S. The second kappa shape index (κ2) is 7.03. The number of fused-ring (bicyclic) bond motifs is 2. The average Bonchev–Trinajstić information content (AvgIpc) is 3.29. The van der Waals surface area contributed by atoms with Crippen molar-refractivity contribution in [3.05, 3.63) is 58.6 Å². The van der Waals surface area contributed by atoms with E-state index >= 15 is 0 Å². The number of aromatic nitrogens is 1. The van der Waals surface area contributed by atoms with Gasteiger partial charge in [-0.2, -0.15) is 0 Å². The van der Waals surface area contributed by atoms with Crippen LogP contribution in [-0.2, 0) is 16.1 Å². The van der Waals surface area contributed by atoms with Crippen molar-refractivity contribution in [3.8, 4) is 0 Å². The van der Waals surface area contributed by atoms with Gasteiger partial charge in [-0.25, -0.2) is 0 Å². The molecule has 4 heterocycles. The number of nitrogens with zero attached hydrogens (tertiary/aromatic N) is 2. The Bertz CT molecular complexity index is 1230. The molecular weight excluding hydrogens is 404 g/mol. The van der Waals surface area contributed by atoms with Crippen LogP contribution in [0.3, 0.4) is 0 Å². The summed E-state index contributed by atoms with van der Waals surface area (Å²) >= 11 is 1.50. The van der Waals surface area contributed by atoms with Crippen molar-refractivity contribution < 1.29 is 19.2 Å². The highest BCUT2D eigenvalue weighted by molar-refractivity contribution is 7.17. The number of piperidine rings is 1. The first-order chi connectivity index (χ1) is 14.5. The van der Waals surface area contributed by atoms with Gasteiger partial charge in [0.1, 0.15) is 11.6 Å². The molecule has 3 aromatic rings. The number of imide groups is 1. The van der Waals surface area contributed by atoms with E-state index < -0.39 is 11.9 Å². The van der Waals surface area contributed by atoms with Gasteiger partial charge in [0, 0.05) is 35.7 Å². The third-order valence-electron chi connectivity index (χ3n) is 5.36. The number of pyridine rings is 1. The second-order valence-corrected chi connectivity index (χ2v) is 8.14. The number of benzene rings is 1. The van der Waals surface area contributed by atoms with Gasteiger partial charge < -0.3 is 10.2 Å². The van der Waals surface area contributed by atoms with Crippen LogP contribution in [0.15, 0.2) is 41.9 Å². The van der Waals surface area contributed by atoms with Crippen molar-refractivity contribution >= 4 is 50.9 Å². The third kappa shape index (κ3) is 3.03. The maximum Gasteiger partial charge on any atom is 0.255 e. The zero-order chi connectivity index (χ0) is 20.8. The van der Waals surface area contributed by atoms with Crippen molar-refractivity contribution in [1.29, 1.82) is 0 Å². The molecule has 0 bridgehead atoms. The Balaban J connectivity index is 1.37. The van der Waals surface area contributed by atoms with Gasteiger partial charge in [0.05, 0.1) is 10.4 Å². The number of rotatable bonds is 3. The highest BCUT2D eigenvalue weighted by atomic mass is 32.1. The average molecular weight is 420 g/mol. The normalized spacial score (nSPS) is 18.5. The smallest absolute Gasteiger partial charge is 0.255 e. The molecule has 0 saturated carbocycles. The maximum atomic E-state index is 12.8. The molecule has 1 aromatic carbocycles. The third-order valence-corrected chi connectivity index (χ3v) is 6.30. The first-order valence-electron chi connectivity index (χ1n) is 9.42. The lowest BCUT2D eigenvalue weighted by molar-refractivity contribution is -0.136. The Hall–Kier alpha value is -3.59. The molecule has 2 aliphatic heterocycles. The van der Waals surface area contributed by atoms with E-state index in [1.165, 1.54) is 16.2 Å². The van der Waals surface area contributed by atoms with E-state index in [9.17, 15) is 19.2 Å². The molecule has 2 aromatic heterocycles. The van der Waals surface area contributed by atoms with Crippen LogP contribution in [0.4, 0.5) is 5.69 Å². The molecule has 4 amide bonds. The number of amides is 4. The van der Waals surface area contributed by atoms with E-state index in [0.717, 1.165) is 10.2 Å². The molecule has 2 aliphatic rings. The fourth-order valence-electron chi connectivity index (χ4n) is 3.86. The second-order valence-electron chi connectivity index (χ2n) is 7.23. The van der Waals surface area contributed by atoms with Crippen LogP contribution in [0, 0.1) is 0 Å². The van der Waals surface area contributed by atoms with Gasteiger partial charge in [-0.1, -0.05) is 0 Å². The van der Waals surface area contributed by atoms with E-state index in [4.69, 9.17) is 0 Å². The summed E-state index contributed by atoms with van der Waals surface area (Å²) in [5.41, 5.74) is 2.95. The number of anilines is 1. The van der Waals surface area contributed by atoms with E-state index in [1.54, 1.807) is 24.4 Å². The molecule has 30 heavy (non-hydrogen) atoms. The highest BCUT2D eigenvalue weighted by Crippen LogP contribution is 2.30. The van der Waals surface area contributed by atoms with E-state index in [1.807, 2.05) is 17.5 Å². The van der Waals surface area contributed by atoms with Gasteiger partial charge in [0.15, 0.2) is 0 Å². The molecule has 0 radical (unpaired) electrons. The Morgan fingerprint density at radius 3 is 2.93 bits per heavy atom. The number of hydrogen-bond acceptors (Lipinski definition) is 6. The summed E-state index contributed by atoms with van der Waals surface area (Å²) in [5.74, 6) is -1.34. The number of thiophene rings is 1. The lowest BCUT2D eigenvalue weighted by Crippen LogP contribution is -2.52. The molecule has 2 N–H and O–H groups in total. The summed E-state index contributed by atoms with van der Waals surface area (Å²) in [6.45, 7) is 0.227. The summed E-state index contributed by atoms with van der Waals surface area (Å²) in [5, 5.41) is 7.01. The Kier molecular flexibility index (Phi) is 4.32. The minimum atomic E-state index is -0.678. The van der Waals surface area contributed by atoms with Gasteiger partial charge in [0.25, 0.3) is 11.8 Å². The minimum Gasteiger partial charge on any atom is -0.322 e. The van der Waals surface area contributed by atoms with Crippen molar-refractivity contribution in [2.45, 2.75) is 25.4 Å². The lowest BCUT2D eigenvalue weighted by atomic mass is 10.0. The van der Waals surface area contributed by atoms with Gasteiger partial charge >= 0.3 is 0 Å². The summed E-state index contributed by atoms with van der Waals surface area (Å²) in [6.07, 6.45) is 2.18. The number of nitrogens with one attached hydrogen (secondary N) is 2. The fraction of sp³-hybridized carbons (Fsp3) is 0.190. The topological polar surface area (TPSA) is 108 Å². The molecule has 0 spiro atoms. The molecule has 0 aliphatic carbocycles. The van der Waals surface area contributed by atoms with Crippen LogP contribution in [0.1, 0.15) is 39.1 Å². The predicted molar refractivity (Wildman–Crippen MR) is 110 cm³/mol. The molecule has 5 rings (SSSR count). The fourth-order valence-corrected chi connectivity index (χ4v) is 4.71. The highest BCUT2D eigenvalue weighted by Gasteiger charge is 2.39. The van der Waals surface area contributed by atoms with Crippen molar-refractivity contribution in [2.75, 3.05) is 5.32 Å². The number of carbonyl (C=O) groups is 4. The van der Waals surface area contributed by atoms with E-state index in [-0.39, 0.29) is 30.7 Å². The largest absolute Gasteiger partial charge is 0.322 e. The molecule has 150 valence electrons. The molecule has 9 heteroatoms. The summed E-state index contributed by atoms with van der Waals surface area (Å²) in [4.78, 5) is 54.8. The Morgan fingerprint density at radius 1 is 1.23 bits per heavy atom. The first kappa shape index (κ1) is 18.4. The van der Waals surface area contributed by atoms with Gasteiger partial charge in [-0.15, -0.1) is 11.3 Å². The molecule has 1 fully saturated rings. The summed E-state index contributed by atoms with van der Waals surface area (Å²) in [7, 11) is 0. The lowest BCUT2D eigenvalue weighted by Gasteiger charge is -2.29. The molecule has 8 nitrogen and oxygen atoms in total. The van der Waals surface area contributed by atoms with Gasteiger partial charge in [0.2, 0.25) is 11.8 Å². The summed E-state index contributed by atoms with van der Waals surface area (Å²) in [6, 6.07) is 7.99. The van der Waals surface area contributed by atoms with E-state index in [2.05, 4.69) is 15.6 Å². The number of hydrogen-bond donors (Lipinski definition) is 2. The van der Waals surface area contributed by atoms with Crippen LogP contribution in [-0.4, -0.2) is 39.6 Å². The quantitative estimate of drug-likeness (QED) is 0.632. The van der Waals surface area contributed by atoms with Gasteiger partial charge in [-0.05, 0) is 42.3 Å². The van der Waals surface area contributed by atoms with Crippen LogP contribution < -0.4 is 10.6 Å². The predicted octanol–water partition coefficient (Wildman–Crippen LogP) is 2.31. The molecule has 1 unspecified atom stereocenters. The zero-order valence-corrected chi connectivity index (χ0v) is 16.5. The van der Waals surface area contributed by atoms with Crippen LogP contribution in [0.25, 0.3) is 10.2 Å². The summed E-state index contributed by atoms with van der Waals surface area (Å²) < 4.78 is 0.979. The maximum absolute atomic E-state index is 12.8. The molecule has 1 atom stereocenters. The van der Waals surface area contributed by atoms with Crippen LogP contribution in [0.5, 0.6) is 0 Å². The molecule has 1 saturated heterocycles. The SMILES string of the molecule is O=C1CCC(N2Cc3cc(C(=O)Nc4csc5cccnc45)ccc3C2=O)C(=O)N1. The van der Waals surface area contributed by atoms with Crippen LogP contribution >= 0.6 is 11.3 Å². The number of carbonyl (C=O) groups excluding carboxylic acids is 4. The zero-order valence-electron chi connectivity index (χ0n) is 15.7. The van der Waals surface area contributed by atoms with Crippen molar-refractivity contribution in [3.63, 3.8) is 0 Å². The minimum absolute atomic E-state index is 0.201. The van der Waals surface area contributed by atoms with E-state index in [0.29, 0.717) is 28.8 Å². The van der Waals surface area contributed by atoms with Crippen molar-refractivity contribution in [2.24, 2.45) is 0 Å². The Morgan fingerprint density at radius 2 is 2.10 bits per heavy atom. The standard InChI is InChI=1S/C21H16N4O4S/c26-17-6-5-15(20(28)24-17)25-9-12-8-11(3-4-13(12)21(25)29)19(27)23-14-10-30-16-2-1-7-22-18(14)16/h1-4,7-8,10,15H,5-6,9H2,(H,23,27)(H,24,26,28). The first-order valence-corrected chi connectivity index (χ1v) is 10.3. The Labute approximate surface area is 174 Å².